The molecule has 3 aliphatic rings. The zero-order chi connectivity index (χ0) is 30.3. The van der Waals surface area contributed by atoms with Gasteiger partial charge in [-0.25, -0.2) is 14.7 Å². The average molecular weight is 597 g/mol. The van der Waals surface area contributed by atoms with Gasteiger partial charge >= 0.3 is 0 Å². The summed E-state index contributed by atoms with van der Waals surface area (Å²) in [6.45, 7) is 12.8. The van der Waals surface area contributed by atoms with Gasteiger partial charge in [0.2, 0.25) is 5.91 Å². The third-order valence-electron chi connectivity index (χ3n) is 8.71. The lowest BCUT2D eigenvalue weighted by Crippen LogP contribution is -2.41. The summed E-state index contributed by atoms with van der Waals surface area (Å²) in [5.41, 5.74) is 0.0776. The van der Waals surface area contributed by atoms with E-state index in [-0.39, 0.29) is 33.4 Å². The molecular weight excluding hydrogens is 552 g/mol. The van der Waals surface area contributed by atoms with Gasteiger partial charge < -0.3 is 10.2 Å². The molecular formula is C31H44N6O4S. The number of amides is 2. The van der Waals surface area contributed by atoms with Crippen LogP contribution in [0.5, 0.6) is 0 Å². The van der Waals surface area contributed by atoms with Gasteiger partial charge in [-0.2, -0.15) is 8.42 Å². The molecule has 2 N–H and O–H groups in total. The van der Waals surface area contributed by atoms with Gasteiger partial charge in [0.05, 0.1) is 5.56 Å². The number of aromatic nitrogens is 2. The Morgan fingerprint density at radius 3 is 2.62 bits per heavy atom. The topological polar surface area (TPSA) is 125 Å². The molecule has 2 saturated heterocycles. The van der Waals surface area contributed by atoms with E-state index in [2.05, 4.69) is 54.5 Å². The molecule has 0 saturated carbocycles. The second-order valence-electron chi connectivity index (χ2n) is 13.8. The molecule has 4 bridgehead atoms. The SMILES string of the molecule is CC(C)(C)CCC[C@H]1CCN(c2ccc3c(n2)N2C[C@@H](CCCNc4cccc(n4)S(=O)(=O)NC3=O)CC2(C)C)C1=O. The molecule has 0 spiro atoms. The first kappa shape index (κ1) is 30.3. The number of fused-ring (bicyclic) bond motifs is 6. The van der Waals surface area contributed by atoms with Crippen molar-refractivity contribution in [1.29, 1.82) is 0 Å². The molecule has 0 unspecified atom stereocenters. The van der Waals surface area contributed by atoms with Crippen molar-refractivity contribution in [2.24, 2.45) is 17.3 Å². The van der Waals surface area contributed by atoms with Gasteiger partial charge in [-0.15, -0.1) is 0 Å². The van der Waals surface area contributed by atoms with Crippen LogP contribution in [0.1, 0.15) is 89.9 Å². The largest absolute Gasteiger partial charge is 0.370 e. The van der Waals surface area contributed by atoms with E-state index in [1.807, 2.05) is 0 Å². The molecule has 0 aromatic carbocycles. The van der Waals surface area contributed by atoms with Gasteiger partial charge in [-0.1, -0.05) is 33.3 Å². The molecule has 0 radical (unpaired) electrons. The standard InChI is InChI=1S/C31H44N6O4S/c1-30(2,3)16-7-10-22-15-18-36(29(22)39)25-14-13-23-27(34-25)37-20-21(19-31(37,4)5)9-8-17-32-24-11-6-12-26(33-24)42(40,41)35-28(23)38/h6,11-14,21-22H,7-10,15-20H2,1-5H3,(H,32,33)(H,35,38)/t21-,22-/m0/s1. The van der Waals surface area contributed by atoms with Gasteiger partial charge in [0, 0.05) is 31.1 Å². The number of carbonyl (C=O) groups is 2. The van der Waals surface area contributed by atoms with E-state index in [0.717, 1.165) is 44.9 Å². The Hall–Kier alpha value is -3.21. The monoisotopic (exact) mass is 596 g/mol. The number of carbonyl (C=O) groups excluding carboxylic acids is 2. The Labute approximate surface area is 249 Å². The third kappa shape index (κ3) is 6.55. The number of anilines is 3. The maximum atomic E-state index is 13.6. The number of hydrogen-bond acceptors (Lipinski definition) is 8. The van der Waals surface area contributed by atoms with Crippen molar-refractivity contribution < 1.29 is 18.0 Å². The minimum atomic E-state index is -4.24. The van der Waals surface area contributed by atoms with Crippen LogP contribution >= 0.6 is 0 Å². The summed E-state index contributed by atoms with van der Waals surface area (Å²) in [4.78, 5) is 40.1. The summed E-state index contributed by atoms with van der Waals surface area (Å²) in [5.74, 6) is 0.993. The summed E-state index contributed by atoms with van der Waals surface area (Å²) in [5, 5.41) is 2.98. The van der Waals surface area contributed by atoms with E-state index < -0.39 is 15.9 Å². The molecule has 5 heterocycles. The second kappa shape index (κ2) is 11.5. The number of rotatable bonds is 4. The fraction of sp³-hybridized carbons (Fsp3) is 0.613. The molecule has 42 heavy (non-hydrogen) atoms. The first-order chi connectivity index (χ1) is 19.7. The fourth-order valence-electron chi connectivity index (χ4n) is 6.54. The Kier molecular flexibility index (Phi) is 8.26. The Bertz CT molecular complexity index is 1450. The minimum Gasteiger partial charge on any atom is -0.370 e. The Morgan fingerprint density at radius 2 is 1.86 bits per heavy atom. The van der Waals surface area contributed by atoms with E-state index in [1.54, 1.807) is 29.2 Å². The highest BCUT2D eigenvalue weighted by Crippen LogP contribution is 2.40. The zero-order valence-corrected chi connectivity index (χ0v) is 26.3. The summed E-state index contributed by atoms with van der Waals surface area (Å²) >= 11 is 0. The van der Waals surface area contributed by atoms with Crippen LogP contribution in [-0.2, 0) is 14.8 Å². The molecule has 5 rings (SSSR count). The number of nitrogens with one attached hydrogen (secondary N) is 2. The number of sulfonamides is 1. The Morgan fingerprint density at radius 1 is 1.07 bits per heavy atom. The molecule has 2 aromatic heterocycles. The fourth-order valence-corrected chi connectivity index (χ4v) is 7.47. The number of pyridine rings is 2. The van der Waals surface area contributed by atoms with Crippen molar-refractivity contribution in [3.63, 3.8) is 0 Å². The highest BCUT2D eigenvalue weighted by Gasteiger charge is 2.41. The van der Waals surface area contributed by atoms with Crippen LogP contribution in [0.25, 0.3) is 0 Å². The average Bonchev–Trinajstić information content (AvgIpc) is 3.42. The van der Waals surface area contributed by atoms with Crippen molar-refractivity contribution in [3.05, 3.63) is 35.9 Å². The molecule has 2 fully saturated rings. The van der Waals surface area contributed by atoms with Crippen LogP contribution < -0.4 is 19.8 Å². The van der Waals surface area contributed by atoms with E-state index in [0.29, 0.717) is 43.0 Å². The Balaban J connectivity index is 1.48. The minimum absolute atomic E-state index is 0.0373. The summed E-state index contributed by atoms with van der Waals surface area (Å²) in [6.07, 6.45) is 6.45. The van der Waals surface area contributed by atoms with Crippen LogP contribution in [0.15, 0.2) is 35.4 Å². The maximum absolute atomic E-state index is 13.6. The first-order valence-corrected chi connectivity index (χ1v) is 16.6. The second-order valence-corrected chi connectivity index (χ2v) is 15.5. The molecule has 3 aliphatic heterocycles. The van der Waals surface area contributed by atoms with Crippen LogP contribution in [0, 0.1) is 17.3 Å². The van der Waals surface area contributed by atoms with Crippen molar-refractivity contribution in [2.45, 2.75) is 90.1 Å². The lowest BCUT2D eigenvalue weighted by Gasteiger charge is -2.34. The molecule has 2 atom stereocenters. The van der Waals surface area contributed by atoms with Crippen molar-refractivity contribution in [2.75, 3.05) is 34.8 Å². The first-order valence-electron chi connectivity index (χ1n) is 15.1. The normalized spacial score (nSPS) is 23.9. The van der Waals surface area contributed by atoms with Gasteiger partial charge in [0.1, 0.15) is 17.5 Å². The smallest absolute Gasteiger partial charge is 0.281 e. The predicted octanol–water partition coefficient (Wildman–Crippen LogP) is 4.98. The van der Waals surface area contributed by atoms with Crippen LogP contribution in [-0.4, -0.2) is 55.4 Å². The molecule has 2 amide bonds. The predicted molar refractivity (Wildman–Crippen MR) is 164 cm³/mol. The molecule has 10 nitrogen and oxygen atoms in total. The molecule has 11 heteroatoms. The van der Waals surface area contributed by atoms with Crippen molar-refractivity contribution in [3.8, 4) is 0 Å². The van der Waals surface area contributed by atoms with Gasteiger partial charge in [-0.05, 0) is 88.0 Å². The van der Waals surface area contributed by atoms with E-state index in [1.165, 1.54) is 6.07 Å². The molecule has 0 aliphatic carbocycles. The highest BCUT2D eigenvalue weighted by molar-refractivity contribution is 7.90. The number of hydrogen-bond donors (Lipinski definition) is 2. The number of nitrogens with zero attached hydrogens (tertiary/aromatic N) is 4. The lowest BCUT2D eigenvalue weighted by atomic mass is 9.87. The summed E-state index contributed by atoms with van der Waals surface area (Å²) in [7, 11) is -4.24. The van der Waals surface area contributed by atoms with Crippen molar-refractivity contribution >= 4 is 39.3 Å². The van der Waals surface area contributed by atoms with Gasteiger partial charge in [0.25, 0.3) is 15.9 Å². The van der Waals surface area contributed by atoms with Crippen LogP contribution in [0.2, 0.25) is 0 Å². The van der Waals surface area contributed by atoms with E-state index in [9.17, 15) is 18.0 Å². The molecule has 228 valence electrons. The highest BCUT2D eigenvalue weighted by atomic mass is 32.2. The summed E-state index contributed by atoms with van der Waals surface area (Å²) in [6, 6.07) is 7.96. The zero-order valence-electron chi connectivity index (χ0n) is 25.4. The quantitative estimate of drug-likeness (QED) is 0.507. The van der Waals surface area contributed by atoms with Gasteiger partial charge in [0.15, 0.2) is 5.03 Å². The van der Waals surface area contributed by atoms with Gasteiger partial charge in [-0.3, -0.25) is 14.5 Å². The lowest BCUT2D eigenvalue weighted by molar-refractivity contribution is -0.120. The van der Waals surface area contributed by atoms with Crippen LogP contribution in [0.3, 0.4) is 0 Å². The van der Waals surface area contributed by atoms with E-state index in [4.69, 9.17) is 4.98 Å². The van der Waals surface area contributed by atoms with E-state index >= 15 is 0 Å². The third-order valence-corrected chi connectivity index (χ3v) is 9.95. The summed E-state index contributed by atoms with van der Waals surface area (Å²) < 4.78 is 28.6. The van der Waals surface area contributed by atoms with Crippen molar-refractivity contribution in [1.82, 2.24) is 14.7 Å². The van der Waals surface area contributed by atoms with Crippen LogP contribution in [0.4, 0.5) is 17.5 Å². The molecule has 2 aromatic rings. The maximum Gasteiger partial charge on any atom is 0.281 e.